The van der Waals surface area contributed by atoms with Gasteiger partial charge in [0.2, 0.25) is 0 Å². The smallest absolute Gasteiger partial charge is 0.410 e. The highest BCUT2D eigenvalue weighted by molar-refractivity contribution is 5.68. The van der Waals surface area contributed by atoms with E-state index in [-0.39, 0.29) is 6.09 Å². The second-order valence-corrected chi connectivity index (χ2v) is 7.55. The third kappa shape index (κ3) is 6.22. The molecule has 1 saturated heterocycles. The third-order valence-electron chi connectivity index (χ3n) is 4.05. The molecule has 1 unspecified atom stereocenters. The van der Waals surface area contributed by atoms with Crippen molar-refractivity contribution in [2.45, 2.75) is 52.7 Å². The molecule has 0 aromatic heterocycles. The molecule has 1 aliphatic rings. The number of ether oxygens (including phenoxy) is 1. The molecule has 4 heteroatoms. The van der Waals surface area contributed by atoms with E-state index in [4.69, 9.17) is 4.74 Å². The molecule has 1 aromatic rings. The molecular formula is C19H30N2O2. The van der Waals surface area contributed by atoms with E-state index in [9.17, 15) is 4.79 Å². The molecule has 0 spiro atoms. The standard InChI is InChI=1S/C19H30N2O2/c1-15-7-9-16(10-8-15)12-20-13-17-6-5-11-21(14-17)18(22)23-19(2,3)4/h7-10,17,20H,5-6,11-14H2,1-4H3. The molecule has 128 valence electrons. The summed E-state index contributed by atoms with van der Waals surface area (Å²) >= 11 is 0. The minimum absolute atomic E-state index is 0.180. The maximum atomic E-state index is 12.2. The van der Waals surface area contributed by atoms with Crippen LogP contribution in [0.3, 0.4) is 0 Å². The van der Waals surface area contributed by atoms with Gasteiger partial charge in [-0.2, -0.15) is 0 Å². The number of nitrogens with zero attached hydrogens (tertiary/aromatic N) is 1. The number of hydrogen-bond donors (Lipinski definition) is 1. The monoisotopic (exact) mass is 318 g/mol. The molecular weight excluding hydrogens is 288 g/mol. The molecule has 0 bridgehead atoms. The average molecular weight is 318 g/mol. The molecule has 4 nitrogen and oxygen atoms in total. The predicted octanol–water partition coefficient (Wildman–Crippen LogP) is 3.73. The Hall–Kier alpha value is -1.55. The molecule has 2 rings (SSSR count). The molecule has 1 atom stereocenters. The molecule has 0 saturated carbocycles. The molecule has 1 aliphatic heterocycles. The Balaban J connectivity index is 1.75. The summed E-state index contributed by atoms with van der Waals surface area (Å²) in [6.07, 6.45) is 2.04. The van der Waals surface area contributed by atoms with Crippen LogP contribution in [0.4, 0.5) is 4.79 Å². The van der Waals surface area contributed by atoms with Crippen molar-refractivity contribution in [1.82, 2.24) is 10.2 Å². The topological polar surface area (TPSA) is 41.6 Å². The van der Waals surface area contributed by atoms with E-state index in [1.54, 1.807) is 0 Å². The fourth-order valence-corrected chi connectivity index (χ4v) is 2.85. The van der Waals surface area contributed by atoms with Crippen LogP contribution in [-0.2, 0) is 11.3 Å². The quantitative estimate of drug-likeness (QED) is 0.919. The van der Waals surface area contributed by atoms with Crippen LogP contribution in [0.2, 0.25) is 0 Å². The molecule has 1 amide bonds. The van der Waals surface area contributed by atoms with Crippen LogP contribution in [0.1, 0.15) is 44.7 Å². The Morgan fingerprint density at radius 3 is 2.65 bits per heavy atom. The van der Waals surface area contributed by atoms with Crippen LogP contribution < -0.4 is 5.32 Å². The van der Waals surface area contributed by atoms with Crippen LogP contribution in [0.15, 0.2) is 24.3 Å². The van der Waals surface area contributed by atoms with Crippen molar-refractivity contribution in [2.24, 2.45) is 5.92 Å². The fraction of sp³-hybridized carbons (Fsp3) is 0.632. The first-order valence-electron chi connectivity index (χ1n) is 8.58. The van der Waals surface area contributed by atoms with Crippen molar-refractivity contribution in [2.75, 3.05) is 19.6 Å². The number of rotatable bonds is 4. The molecule has 23 heavy (non-hydrogen) atoms. The number of piperidine rings is 1. The van der Waals surface area contributed by atoms with Crippen LogP contribution in [0.5, 0.6) is 0 Å². The van der Waals surface area contributed by atoms with Gasteiger partial charge in [0.1, 0.15) is 5.60 Å². The van der Waals surface area contributed by atoms with Gasteiger partial charge in [0.05, 0.1) is 0 Å². The van der Waals surface area contributed by atoms with Gasteiger partial charge in [-0.3, -0.25) is 0 Å². The largest absolute Gasteiger partial charge is 0.444 e. The first-order valence-corrected chi connectivity index (χ1v) is 8.58. The molecule has 1 fully saturated rings. The van der Waals surface area contributed by atoms with E-state index in [1.807, 2.05) is 25.7 Å². The van der Waals surface area contributed by atoms with Gasteiger partial charge in [-0.25, -0.2) is 4.79 Å². The molecule has 1 heterocycles. The first-order chi connectivity index (χ1) is 10.8. The van der Waals surface area contributed by atoms with E-state index in [0.717, 1.165) is 32.6 Å². The second kappa shape index (κ2) is 7.82. The van der Waals surface area contributed by atoms with Crippen molar-refractivity contribution in [3.8, 4) is 0 Å². The summed E-state index contributed by atoms with van der Waals surface area (Å²) in [6, 6.07) is 8.61. The van der Waals surface area contributed by atoms with Gasteiger partial charge in [-0.15, -0.1) is 0 Å². The number of hydrogen-bond acceptors (Lipinski definition) is 3. The highest BCUT2D eigenvalue weighted by atomic mass is 16.6. The predicted molar refractivity (Wildman–Crippen MR) is 93.4 cm³/mol. The lowest BCUT2D eigenvalue weighted by Crippen LogP contribution is -2.44. The van der Waals surface area contributed by atoms with Crippen molar-refractivity contribution in [1.29, 1.82) is 0 Å². The second-order valence-electron chi connectivity index (χ2n) is 7.55. The van der Waals surface area contributed by atoms with Crippen molar-refractivity contribution in [3.05, 3.63) is 35.4 Å². The number of benzene rings is 1. The number of aryl methyl sites for hydroxylation is 1. The van der Waals surface area contributed by atoms with Gasteiger partial charge in [0, 0.05) is 19.6 Å². The van der Waals surface area contributed by atoms with Gasteiger partial charge in [0.25, 0.3) is 0 Å². The highest BCUT2D eigenvalue weighted by Gasteiger charge is 2.27. The minimum Gasteiger partial charge on any atom is -0.444 e. The summed E-state index contributed by atoms with van der Waals surface area (Å²) in [6.45, 7) is 11.3. The van der Waals surface area contributed by atoms with Gasteiger partial charge < -0.3 is 15.0 Å². The minimum atomic E-state index is -0.423. The Labute approximate surface area is 140 Å². The Morgan fingerprint density at radius 1 is 1.30 bits per heavy atom. The Kier molecular flexibility index (Phi) is 6.05. The fourth-order valence-electron chi connectivity index (χ4n) is 2.85. The van der Waals surface area contributed by atoms with E-state index in [1.165, 1.54) is 17.5 Å². The SMILES string of the molecule is Cc1ccc(CNCC2CCCN(C(=O)OC(C)(C)C)C2)cc1. The van der Waals surface area contributed by atoms with Gasteiger partial charge in [0.15, 0.2) is 0 Å². The summed E-state index contributed by atoms with van der Waals surface area (Å²) in [7, 11) is 0. The van der Waals surface area contributed by atoms with Gasteiger partial charge >= 0.3 is 6.09 Å². The van der Waals surface area contributed by atoms with Crippen molar-refractivity contribution in [3.63, 3.8) is 0 Å². The molecule has 1 aromatic carbocycles. The highest BCUT2D eigenvalue weighted by Crippen LogP contribution is 2.19. The normalized spacial score (nSPS) is 18.8. The van der Waals surface area contributed by atoms with Crippen LogP contribution >= 0.6 is 0 Å². The average Bonchev–Trinajstić information content (AvgIpc) is 2.48. The number of carbonyl (C=O) groups excluding carboxylic acids is 1. The van der Waals surface area contributed by atoms with Crippen LogP contribution in [0.25, 0.3) is 0 Å². The summed E-state index contributed by atoms with van der Waals surface area (Å²) < 4.78 is 5.48. The zero-order valence-corrected chi connectivity index (χ0v) is 14.9. The maximum absolute atomic E-state index is 12.2. The first kappa shape index (κ1) is 17.8. The maximum Gasteiger partial charge on any atom is 0.410 e. The zero-order chi connectivity index (χ0) is 16.9. The lowest BCUT2D eigenvalue weighted by molar-refractivity contribution is 0.0166. The van der Waals surface area contributed by atoms with Gasteiger partial charge in [-0.05, 0) is 58.6 Å². The van der Waals surface area contributed by atoms with Crippen LogP contribution in [0, 0.1) is 12.8 Å². The zero-order valence-electron chi connectivity index (χ0n) is 14.9. The summed E-state index contributed by atoms with van der Waals surface area (Å²) in [5.41, 5.74) is 2.16. The molecule has 0 radical (unpaired) electrons. The van der Waals surface area contributed by atoms with E-state index in [0.29, 0.717) is 5.92 Å². The van der Waals surface area contributed by atoms with Crippen LogP contribution in [-0.4, -0.2) is 36.2 Å². The molecule has 0 aliphatic carbocycles. The number of amides is 1. The summed E-state index contributed by atoms with van der Waals surface area (Å²) in [4.78, 5) is 14.0. The number of carbonyl (C=O) groups is 1. The Bertz CT molecular complexity index is 505. The van der Waals surface area contributed by atoms with E-state index >= 15 is 0 Å². The van der Waals surface area contributed by atoms with E-state index in [2.05, 4.69) is 36.5 Å². The summed E-state index contributed by atoms with van der Waals surface area (Å²) in [5, 5.41) is 3.52. The number of likely N-dealkylation sites (tertiary alicyclic amines) is 1. The third-order valence-corrected chi connectivity index (χ3v) is 4.05. The van der Waals surface area contributed by atoms with Crippen molar-refractivity contribution >= 4 is 6.09 Å². The Morgan fingerprint density at radius 2 is 2.00 bits per heavy atom. The van der Waals surface area contributed by atoms with E-state index < -0.39 is 5.60 Å². The summed E-state index contributed by atoms with van der Waals surface area (Å²) in [5.74, 6) is 0.502. The molecule has 1 N–H and O–H groups in total. The number of nitrogens with one attached hydrogen (secondary N) is 1. The lowest BCUT2D eigenvalue weighted by atomic mass is 9.98. The van der Waals surface area contributed by atoms with Crippen molar-refractivity contribution < 1.29 is 9.53 Å². The lowest BCUT2D eigenvalue weighted by Gasteiger charge is -2.34. The van der Waals surface area contributed by atoms with Gasteiger partial charge in [-0.1, -0.05) is 29.8 Å².